The molecule has 5 rings (SSSR count). The summed E-state index contributed by atoms with van der Waals surface area (Å²) in [4.78, 5) is 14.9. The van der Waals surface area contributed by atoms with E-state index in [2.05, 4.69) is 64.9 Å². The Kier molecular flexibility index (Phi) is 6.06. The quantitative estimate of drug-likeness (QED) is 0.576. The van der Waals surface area contributed by atoms with Crippen molar-refractivity contribution in [3.63, 3.8) is 0 Å². The van der Waals surface area contributed by atoms with Crippen LogP contribution in [0.4, 0.5) is 0 Å². The van der Waals surface area contributed by atoms with Crippen LogP contribution in [0, 0.1) is 0 Å². The van der Waals surface area contributed by atoms with E-state index < -0.39 is 0 Å². The molecule has 3 heterocycles. The summed E-state index contributed by atoms with van der Waals surface area (Å²) in [7, 11) is 4.53. The van der Waals surface area contributed by atoms with E-state index in [0.717, 1.165) is 25.0 Å². The number of nitrogens with zero attached hydrogens (tertiary/aromatic N) is 5. The van der Waals surface area contributed by atoms with Gasteiger partial charge in [0.15, 0.2) is 0 Å². The Morgan fingerprint density at radius 2 is 1.97 bits per heavy atom. The molecule has 1 aliphatic carbocycles. The average Bonchev–Trinajstić information content (AvgIpc) is 3.15. The first-order chi connectivity index (χ1) is 15.2. The molecule has 164 valence electrons. The van der Waals surface area contributed by atoms with Gasteiger partial charge in [0.25, 0.3) is 0 Å². The molecular formula is C26H35N5. The first kappa shape index (κ1) is 20.7. The Bertz CT molecular complexity index is 1030. The number of likely N-dealkylation sites (tertiary alicyclic amines) is 1. The van der Waals surface area contributed by atoms with Gasteiger partial charge in [-0.15, -0.1) is 0 Å². The SMILES string of the molecule is CN1CCCCC1CCn1c(CN(C)C2CCCc3cccnc32)nc2ccccc21. The third-order valence-corrected chi connectivity index (χ3v) is 7.43. The molecule has 0 bridgehead atoms. The van der Waals surface area contributed by atoms with Gasteiger partial charge in [-0.1, -0.05) is 24.6 Å². The minimum Gasteiger partial charge on any atom is -0.327 e. The van der Waals surface area contributed by atoms with Gasteiger partial charge in [0.2, 0.25) is 0 Å². The van der Waals surface area contributed by atoms with Crippen LogP contribution in [0.2, 0.25) is 0 Å². The Balaban J connectivity index is 1.39. The van der Waals surface area contributed by atoms with Crippen LogP contribution in [-0.4, -0.2) is 51.0 Å². The zero-order valence-corrected chi connectivity index (χ0v) is 19.0. The van der Waals surface area contributed by atoms with Crippen molar-refractivity contribution in [1.82, 2.24) is 24.3 Å². The van der Waals surface area contributed by atoms with Crippen LogP contribution in [0.5, 0.6) is 0 Å². The van der Waals surface area contributed by atoms with E-state index in [0.29, 0.717) is 12.1 Å². The van der Waals surface area contributed by atoms with Gasteiger partial charge in [0, 0.05) is 18.8 Å². The molecule has 2 unspecified atom stereocenters. The fourth-order valence-corrected chi connectivity index (χ4v) is 5.63. The largest absolute Gasteiger partial charge is 0.327 e. The molecule has 3 aromatic rings. The number of rotatable bonds is 6. The molecule has 1 aromatic carbocycles. The van der Waals surface area contributed by atoms with E-state index in [1.165, 1.54) is 67.7 Å². The summed E-state index contributed by atoms with van der Waals surface area (Å²) in [5.41, 5.74) is 5.07. The number of hydrogen-bond acceptors (Lipinski definition) is 4. The second kappa shape index (κ2) is 9.09. The lowest BCUT2D eigenvalue weighted by molar-refractivity contribution is 0.169. The lowest BCUT2D eigenvalue weighted by atomic mass is 9.91. The maximum absolute atomic E-state index is 5.07. The van der Waals surface area contributed by atoms with Crippen molar-refractivity contribution in [3.8, 4) is 0 Å². The average molecular weight is 418 g/mol. The highest BCUT2D eigenvalue weighted by Crippen LogP contribution is 2.33. The van der Waals surface area contributed by atoms with Crippen LogP contribution < -0.4 is 0 Å². The van der Waals surface area contributed by atoms with Gasteiger partial charge in [-0.05, 0) is 82.9 Å². The number of hydrogen-bond donors (Lipinski definition) is 0. The highest BCUT2D eigenvalue weighted by atomic mass is 15.2. The van der Waals surface area contributed by atoms with Gasteiger partial charge in [0.1, 0.15) is 5.82 Å². The zero-order chi connectivity index (χ0) is 21.2. The van der Waals surface area contributed by atoms with Gasteiger partial charge in [-0.25, -0.2) is 4.98 Å². The smallest absolute Gasteiger partial charge is 0.124 e. The Morgan fingerprint density at radius 3 is 2.87 bits per heavy atom. The minimum absolute atomic E-state index is 0.377. The number of piperidine rings is 1. The fraction of sp³-hybridized carbons (Fsp3) is 0.538. The summed E-state index contributed by atoms with van der Waals surface area (Å²) in [6, 6.07) is 14.0. The minimum atomic E-state index is 0.377. The van der Waals surface area contributed by atoms with Gasteiger partial charge in [-0.3, -0.25) is 9.88 Å². The topological polar surface area (TPSA) is 37.2 Å². The summed E-state index contributed by atoms with van der Waals surface area (Å²) >= 11 is 0. The van der Waals surface area contributed by atoms with Crippen molar-refractivity contribution in [2.45, 2.75) is 70.1 Å². The molecule has 2 aromatic heterocycles. The third-order valence-electron chi connectivity index (χ3n) is 7.43. The van der Waals surface area contributed by atoms with Crippen molar-refractivity contribution >= 4 is 11.0 Å². The normalized spacial score (nSPS) is 22.2. The van der Waals surface area contributed by atoms with Crippen LogP contribution in [0.15, 0.2) is 42.6 Å². The second-order valence-electron chi connectivity index (χ2n) is 9.46. The maximum atomic E-state index is 5.07. The molecule has 1 fully saturated rings. The van der Waals surface area contributed by atoms with Crippen molar-refractivity contribution < 1.29 is 0 Å². The number of aromatic nitrogens is 3. The summed E-state index contributed by atoms with van der Waals surface area (Å²) < 4.78 is 2.48. The molecule has 1 aliphatic heterocycles. The molecule has 2 aliphatic rings. The van der Waals surface area contributed by atoms with Crippen molar-refractivity contribution in [2.24, 2.45) is 0 Å². The molecule has 0 amide bonds. The predicted molar refractivity (Wildman–Crippen MR) is 126 cm³/mol. The van der Waals surface area contributed by atoms with Crippen LogP contribution >= 0.6 is 0 Å². The number of aryl methyl sites for hydroxylation is 2. The van der Waals surface area contributed by atoms with E-state index >= 15 is 0 Å². The van der Waals surface area contributed by atoms with Crippen LogP contribution in [0.25, 0.3) is 11.0 Å². The maximum Gasteiger partial charge on any atom is 0.124 e. The van der Waals surface area contributed by atoms with E-state index in [1.807, 2.05) is 6.20 Å². The van der Waals surface area contributed by atoms with Crippen LogP contribution in [0.3, 0.4) is 0 Å². The Hall–Kier alpha value is -2.24. The predicted octanol–water partition coefficient (Wildman–Crippen LogP) is 4.82. The number of imidazole rings is 1. The summed E-state index contributed by atoms with van der Waals surface area (Å²) in [5, 5.41) is 0. The number of benzene rings is 1. The molecule has 0 spiro atoms. The molecule has 0 saturated carbocycles. The van der Waals surface area contributed by atoms with Crippen molar-refractivity contribution in [3.05, 3.63) is 59.7 Å². The molecule has 5 heteroatoms. The number of fused-ring (bicyclic) bond motifs is 2. The van der Waals surface area contributed by atoms with Crippen LogP contribution in [-0.2, 0) is 19.5 Å². The molecule has 0 radical (unpaired) electrons. The van der Waals surface area contributed by atoms with Crippen molar-refractivity contribution in [2.75, 3.05) is 20.6 Å². The van der Waals surface area contributed by atoms with E-state index in [1.54, 1.807) is 0 Å². The molecule has 2 atom stereocenters. The third kappa shape index (κ3) is 4.26. The number of pyridine rings is 1. The van der Waals surface area contributed by atoms with Gasteiger partial charge in [-0.2, -0.15) is 0 Å². The lowest BCUT2D eigenvalue weighted by Gasteiger charge is -2.33. The van der Waals surface area contributed by atoms with Crippen LogP contribution in [0.1, 0.15) is 61.6 Å². The van der Waals surface area contributed by atoms with Crippen molar-refractivity contribution in [1.29, 1.82) is 0 Å². The highest BCUT2D eigenvalue weighted by Gasteiger charge is 2.26. The number of para-hydroxylation sites is 2. The van der Waals surface area contributed by atoms with E-state index in [-0.39, 0.29) is 0 Å². The zero-order valence-electron chi connectivity index (χ0n) is 19.0. The summed E-state index contributed by atoms with van der Waals surface area (Å²) in [6.07, 6.45) is 10.7. The standard InChI is InChI=1S/C26H35N5/c1-29-17-6-5-11-21(29)15-18-31-23-13-4-3-12-22(23)28-25(31)19-30(2)24-14-7-9-20-10-8-16-27-26(20)24/h3-4,8,10,12-13,16,21,24H,5-7,9,11,14-15,17-19H2,1-2H3. The molecule has 31 heavy (non-hydrogen) atoms. The second-order valence-corrected chi connectivity index (χ2v) is 9.46. The molecule has 5 nitrogen and oxygen atoms in total. The summed E-state index contributed by atoms with van der Waals surface area (Å²) in [6.45, 7) is 3.13. The van der Waals surface area contributed by atoms with Gasteiger partial charge < -0.3 is 9.47 Å². The lowest BCUT2D eigenvalue weighted by Crippen LogP contribution is -2.37. The Labute approximate surface area is 186 Å². The molecule has 0 N–H and O–H groups in total. The monoisotopic (exact) mass is 417 g/mol. The van der Waals surface area contributed by atoms with E-state index in [9.17, 15) is 0 Å². The summed E-state index contributed by atoms with van der Waals surface area (Å²) in [5.74, 6) is 1.19. The molecular weight excluding hydrogens is 382 g/mol. The highest BCUT2D eigenvalue weighted by molar-refractivity contribution is 5.75. The Morgan fingerprint density at radius 1 is 1.06 bits per heavy atom. The van der Waals surface area contributed by atoms with Gasteiger partial charge >= 0.3 is 0 Å². The molecule has 1 saturated heterocycles. The first-order valence-electron chi connectivity index (χ1n) is 12.0. The first-order valence-corrected chi connectivity index (χ1v) is 12.0. The fourth-order valence-electron chi connectivity index (χ4n) is 5.63. The van der Waals surface area contributed by atoms with E-state index in [4.69, 9.17) is 9.97 Å². The van der Waals surface area contributed by atoms with Gasteiger partial charge in [0.05, 0.1) is 29.3 Å².